The van der Waals surface area contributed by atoms with E-state index in [2.05, 4.69) is 10.1 Å². The zero-order valence-electron chi connectivity index (χ0n) is 10.7. The molecule has 3 aromatic rings. The van der Waals surface area contributed by atoms with Crippen LogP contribution in [0.5, 0.6) is 0 Å². The van der Waals surface area contributed by atoms with Gasteiger partial charge in [-0.25, -0.2) is 14.5 Å². The Morgan fingerprint density at radius 1 is 1.24 bits per heavy atom. The van der Waals surface area contributed by atoms with E-state index in [1.807, 2.05) is 0 Å². The maximum atomic E-state index is 11.4. The summed E-state index contributed by atoms with van der Waals surface area (Å²) < 4.78 is 1.23. The van der Waals surface area contributed by atoms with Crippen molar-refractivity contribution in [2.75, 3.05) is 0 Å². The Morgan fingerprint density at radius 3 is 2.67 bits per heavy atom. The highest BCUT2D eigenvalue weighted by molar-refractivity contribution is 5.96. The van der Waals surface area contributed by atoms with Crippen LogP contribution in [0.25, 0.3) is 16.7 Å². The first-order valence-electron chi connectivity index (χ1n) is 6.04. The van der Waals surface area contributed by atoms with Gasteiger partial charge in [-0.3, -0.25) is 4.79 Å². The Bertz CT molecular complexity index is 870. The minimum atomic E-state index is -1.13. The third-order valence-corrected chi connectivity index (χ3v) is 3.02. The number of hydrogen-bond acceptors (Lipinski definition) is 4. The van der Waals surface area contributed by atoms with Crippen LogP contribution in [0.3, 0.4) is 0 Å². The summed E-state index contributed by atoms with van der Waals surface area (Å²) in [4.78, 5) is 26.8. The van der Waals surface area contributed by atoms with Gasteiger partial charge in [0.25, 0.3) is 5.91 Å². The van der Waals surface area contributed by atoms with Gasteiger partial charge in [-0.1, -0.05) is 18.2 Å². The predicted octanol–water partition coefficient (Wildman–Crippen LogP) is 1.22. The number of nitrogens with zero attached hydrogens (tertiary/aromatic N) is 3. The second kappa shape index (κ2) is 4.71. The largest absolute Gasteiger partial charge is 0.478 e. The van der Waals surface area contributed by atoms with E-state index in [1.165, 1.54) is 23.1 Å². The Morgan fingerprint density at radius 2 is 2.00 bits per heavy atom. The summed E-state index contributed by atoms with van der Waals surface area (Å²) in [6.07, 6.45) is 2.62. The van der Waals surface area contributed by atoms with Gasteiger partial charge in [-0.2, -0.15) is 5.10 Å². The van der Waals surface area contributed by atoms with Crippen molar-refractivity contribution < 1.29 is 14.7 Å². The number of pyridine rings is 1. The van der Waals surface area contributed by atoms with Crippen LogP contribution in [-0.2, 0) is 0 Å². The monoisotopic (exact) mass is 282 g/mol. The maximum absolute atomic E-state index is 11.4. The Hall–Kier alpha value is -3.22. The number of carbonyl (C=O) groups is 2. The van der Waals surface area contributed by atoms with Gasteiger partial charge >= 0.3 is 5.97 Å². The van der Waals surface area contributed by atoms with Crippen LogP contribution in [0.1, 0.15) is 20.7 Å². The number of aromatic carboxylic acids is 1. The molecule has 1 amide bonds. The van der Waals surface area contributed by atoms with Crippen LogP contribution < -0.4 is 5.73 Å². The smallest absolute Gasteiger partial charge is 0.339 e. The van der Waals surface area contributed by atoms with Crippen LogP contribution in [0.15, 0.2) is 42.7 Å². The van der Waals surface area contributed by atoms with Crippen molar-refractivity contribution in [3.8, 4) is 5.82 Å². The summed E-state index contributed by atoms with van der Waals surface area (Å²) >= 11 is 0. The van der Waals surface area contributed by atoms with Crippen LogP contribution >= 0.6 is 0 Å². The number of primary amides is 1. The molecule has 3 rings (SSSR count). The molecule has 7 nitrogen and oxygen atoms in total. The van der Waals surface area contributed by atoms with Crippen molar-refractivity contribution in [1.82, 2.24) is 14.8 Å². The molecule has 0 radical (unpaired) electrons. The van der Waals surface area contributed by atoms with Crippen molar-refractivity contribution in [3.63, 3.8) is 0 Å². The molecule has 2 aromatic heterocycles. The molecule has 0 saturated heterocycles. The number of rotatable bonds is 3. The third-order valence-electron chi connectivity index (χ3n) is 3.02. The molecule has 3 N–H and O–H groups in total. The molecule has 0 aliphatic heterocycles. The van der Waals surface area contributed by atoms with E-state index >= 15 is 0 Å². The minimum absolute atomic E-state index is 0.00665. The molecule has 7 heteroatoms. The molecule has 0 saturated carbocycles. The molecule has 1 aromatic carbocycles. The molecule has 0 bridgehead atoms. The zero-order valence-corrected chi connectivity index (χ0v) is 10.7. The van der Waals surface area contributed by atoms with Gasteiger partial charge in [0.15, 0.2) is 5.82 Å². The van der Waals surface area contributed by atoms with Gasteiger partial charge in [-0.15, -0.1) is 0 Å². The number of nitrogens with two attached hydrogens (primary N) is 1. The number of carboxylic acid groups (broad SMARTS) is 1. The summed E-state index contributed by atoms with van der Waals surface area (Å²) in [5.74, 6) is -1.63. The van der Waals surface area contributed by atoms with Crippen LogP contribution in [0.2, 0.25) is 0 Å². The lowest BCUT2D eigenvalue weighted by molar-refractivity contribution is 0.0696. The zero-order chi connectivity index (χ0) is 15.0. The van der Waals surface area contributed by atoms with E-state index in [4.69, 9.17) is 5.73 Å². The molecule has 21 heavy (non-hydrogen) atoms. The van der Waals surface area contributed by atoms with Gasteiger partial charge in [0, 0.05) is 11.6 Å². The fraction of sp³-hybridized carbons (Fsp3) is 0. The van der Waals surface area contributed by atoms with Gasteiger partial charge in [0.2, 0.25) is 0 Å². The minimum Gasteiger partial charge on any atom is -0.478 e. The van der Waals surface area contributed by atoms with Crippen molar-refractivity contribution >= 4 is 22.8 Å². The third kappa shape index (κ3) is 2.20. The predicted molar refractivity (Wildman–Crippen MR) is 74.3 cm³/mol. The number of fused-ring (bicyclic) bond motifs is 1. The molecular formula is C14H10N4O3. The normalized spacial score (nSPS) is 10.7. The van der Waals surface area contributed by atoms with E-state index in [-0.39, 0.29) is 16.9 Å². The van der Waals surface area contributed by atoms with E-state index in [9.17, 15) is 14.7 Å². The van der Waals surface area contributed by atoms with Crippen molar-refractivity contribution in [3.05, 3.63) is 53.9 Å². The average molecular weight is 282 g/mol. The van der Waals surface area contributed by atoms with Crippen LogP contribution in [0, 0.1) is 0 Å². The van der Waals surface area contributed by atoms with Gasteiger partial charge in [0.1, 0.15) is 5.56 Å². The maximum Gasteiger partial charge on any atom is 0.339 e. The molecule has 0 aliphatic carbocycles. The van der Waals surface area contributed by atoms with E-state index in [0.29, 0.717) is 10.9 Å². The summed E-state index contributed by atoms with van der Waals surface area (Å²) in [6.45, 7) is 0. The Labute approximate surface area is 118 Å². The first kappa shape index (κ1) is 12.8. The lowest BCUT2D eigenvalue weighted by Crippen LogP contribution is -2.11. The first-order valence-corrected chi connectivity index (χ1v) is 6.04. The lowest BCUT2D eigenvalue weighted by atomic mass is 10.1. The highest BCUT2D eigenvalue weighted by atomic mass is 16.4. The SMILES string of the molecule is NC(=O)c1cnn(-c2nc3ccccc3cc2C(=O)O)c1. The van der Waals surface area contributed by atoms with E-state index < -0.39 is 11.9 Å². The number of carboxylic acids is 1. The highest BCUT2D eigenvalue weighted by Gasteiger charge is 2.16. The summed E-state index contributed by atoms with van der Waals surface area (Å²) in [5, 5.41) is 14.0. The molecule has 0 atom stereocenters. The van der Waals surface area contributed by atoms with E-state index in [1.54, 1.807) is 24.3 Å². The standard InChI is InChI=1S/C14H10N4O3/c15-12(19)9-6-16-18(7-9)13-10(14(20)21)5-8-3-1-2-4-11(8)17-13/h1-7H,(H2,15,19)(H,20,21). The number of aromatic nitrogens is 3. The highest BCUT2D eigenvalue weighted by Crippen LogP contribution is 2.19. The summed E-state index contributed by atoms with van der Waals surface area (Å²) in [7, 11) is 0. The fourth-order valence-corrected chi connectivity index (χ4v) is 2.00. The van der Waals surface area contributed by atoms with Gasteiger partial charge in [0.05, 0.1) is 17.3 Å². The average Bonchev–Trinajstić information content (AvgIpc) is 2.95. The number of hydrogen-bond donors (Lipinski definition) is 2. The molecule has 104 valence electrons. The fourth-order valence-electron chi connectivity index (χ4n) is 2.00. The Kier molecular flexibility index (Phi) is 2.87. The molecule has 0 fully saturated rings. The van der Waals surface area contributed by atoms with Crippen LogP contribution in [0.4, 0.5) is 0 Å². The molecule has 0 unspecified atom stereocenters. The second-order valence-corrected chi connectivity index (χ2v) is 4.40. The summed E-state index contributed by atoms with van der Waals surface area (Å²) in [5.41, 5.74) is 5.97. The first-order chi connectivity index (χ1) is 10.1. The van der Waals surface area contributed by atoms with Crippen LogP contribution in [-0.4, -0.2) is 31.7 Å². The molecular weight excluding hydrogens is 272 g/mol. The van der Waals surface area contributed by atoms with E-state index in [0.717, 1.165) is 0 Å². The number of carbonyl (C=O) groups excluding carboxylic acids is 1. The quantitative estimate of drug-likeness (QED) is 0.750. The molecule has 2 heterocycles. The van der Waals surface area contributed by atoms with Crippen molar-refractivity contribution in [1.29, 1.82) is 0 Å². The molecule has 0 aliphatic rings. The second-order valence-electron chi connectivity index (χ2n) is 4.40. The van der Waals surface area contributed by atoms with Gasteiger partial charge < -0.3 is 10.8 Å². The Balaban J connectivity index is 2.25. The lowest BCUT2D eigenvalue weighted by Gasteiger charge is -2.07. The topological polar surface area (TPSA) is 111 Å². The van der Waals surface area contributed by atoms with Crippen molar-refractivity contribution in [2.24, 2.45) is 5.73 Å². The van der Waals surface area contributed by atoms with Gasteiger partial charge in [-0.05, 0) is 12.1 Å². The van der Waals surface area contributed by atoms with Crippen molar-refractivity contribution in [2.45, 2.75) is 0 Å². The number of amides is 1. The number of para-hydroxylation sites is 1. The number of benzene rings is 1. The summed E-state index contributed by atoms with van der Waals surface area (Å²) in [6, 6.07) is 8.66. The molecule has 0 spiro atoms.